The molecule has 1 N–H and O–H groups in total. The molecular weight excluding hydrogens is 189 g/mol. The first-order valence-electron chi connectivity index (χ1n) is 3.15. The van der Waals surface area contributed by atoms with E-state index in [0.29, 0.717) is 0 Å². The van der Waals surface area contributed by atoms with Crippen LogP contribution in [0.25, 0.3) is 0 Å². The summed E-state index contributed by atoms with van der Waals surface area (Å²) >= 11 is 2.21. The first kappa shape index (κ1) is 11.8. The molecule has 0 aromatic rings. The lowest BCUT2D eigenvalue weighted by Gasteiger charge is -2.39. The lowest BCUT2D eigenvalue weighted by atomic mass is 10.2. The quantitative estimate of drug-likeness (QED) is 0.454. The average Bonchev–Trinajstić information content (AvgIpc) is 1.85. The van der Waals surface area contributed by atoms with Crippen molar-refractivity contribution in [3.63, 3.8) is 0 Å². The van der Waals surface area contributed by atoms with E-state index in [4.69, 9.17) is 3.79 Å². The summed E-state index contributed by atoms with van der Waals surface area (Å²) in [4.78, 5) is 12.6. The van der Waals surface area contributed by atoms with Gasteiger partial charge in [-0.25, -0.2) is 0 Å². The predicted octanol–water partition coefficient (Wildman–Crippen LogP) is -3.16. The van der Waals surface area contributed by atoms with Gasteiger partial charge >= 0.3 is 33.1 Å². The molecule has 7 heteroatoms. The van der Waals surface area contributed by atoms with Crippen LogP contribution in [-0.4, -0.2) is 80.6 Å². The van der Waals surface area contributed by atoms with Crippen LogP contribution in [0.4, 0.5) is 4.79 Å². The molecule has 0 aliphatic carbocycles. The van der Waals surface area contributed by atoms with Crippen molar-refractivity contribution in [1.82, 2.24) is 9.20 Å². The second-order valence-electron chi connectivity index (χ2n) is 2.25. The lowest BCUT2D eigenvalue weighted by molar-refractivity contribution is 0.0527. The van der Waals surface area contributed by atoms with Crippen molar-refractivity contribution < 1.29 is 8.58 Å². The highest BCUT2D eigenvalue weighted by Gasteiger charge is 2.28. The highest BCUT2D eigenvalue weighted by Crippen LogP contribution is 2.09. The maximum Gasteiger partial charge on any atom is 0.394 e. The molecule has 0 atom stereocenters. The van der Waals surface area contributed by atoms with Crippen LogP contribution < -0.4 is 4.30 Å². The number of carbonyl (C=O) groups excluding carboxylic acids is 1. The zero-order valence-electron chi connectivity index (χ0n) is 6.96. The van der Waals surface area contributed by atoms with Gasteiger partial charge in [-0.15, -0.1) is 0 Å². The van der Waals surface area contributed by atoms with Crippen molar-refractivity contribution in [2.45, 2.75) is 6.10 Å². The van der Waals surface area contributed by atoms with Gasteiger partial charge in [-0.3, -0.25) is 4.79 Å². The van der Waals surface area contributed by atoms with Crippen LogP contribution in [0, 0.1) is 0 Å². The molecule has 4 nitrogen and oxygen atoms in total. The van der Waals surface area contributed by atoms with Crippen LogP contribution >= 0.6 is 0 Å². The molecule has 0 aromatic carbocycles. The van der Waals surface area contributed by atoms with Crippen molar-refractivity contribution >= 4 is 56.5 Å². The Balaban J connectivity index is 0.000001000. The van der Waals surface area contributed by atoms with Gasteiger partial charge < -0.3 is 13.0 Å². The number of amides is 2. The molecule has 0 saturated carbocycles. The van der Waals surface area contributed by atoms with Gasteiger partial charge in [-0.1, -0.05) is 0 Å². The molecule has 0 bridgehead atoms. The summed E-state index contributed by atoms with van der Waals surface area (Å²) in [6.07, 6.45) is 0.275. The molecule has 11 heavy (non-hydrogen) atoms. The zero-order valence-corrected chi connectivity index (χ0v) is 12.4. The minimum atomic E-state index is 0. The molecule has 1 aliphatic heterocycles. The molecule has 0 aromatic heterocycles. The summed E-state index contributed by atoms with van der Waals surface area (Å²) in [6.45, 7) is 1.50. The fraction of sp³-hybridized carbons (Fsp3) is 0.750. The predicted molar refractivity (Wildman–Crippen MR) is 49.2 cm³/mol. The van der Waals surface area contributed by atoms with Gasteiger partial charge in [0.1, 0.15) is 17.4 Å². The van der Waals surface area contributed by atoms with E-state index in [1.54, 1.807) is 4.90 Å². The average molecular weight is 200 g/mol. The summed E-state index contributed by atoms with van der Waals surface area (Å²) in [6, 6.07) is 0.0447. The van der Waals surface area contributed by atoms with E-state index in [1.807, 2.05) is 0 Å². The Morgan fingerprint density at radius 3 is 2.64 bits per heavy atom. The van der Waals surface area contributed by atoms with E-state index in [9.17, 15) is 4.79 Å². The smallest absolute Gasteiger partial charge is 0.394 e. The third-order valence-electron chi connectivity index (χ3n) is 1.58. The molecule has 2 radical (unpaired) electrons. The molecule has 1 fully saturated rings. The maximum atomic E-state index is 10.9. The Morgan fingerprint density at radius 2 is 2.27 bits per heavy atom. The van der Waals surface area contributed by atoms with E-state index >= 15 is 0 Å². The molecule has 1 saturated heterocycles. The van der Waals surface area contributed by atoms with Crippen molar-refractivity contribution in [3.8, 4) is 0 Å². The van der Waals surface area contributed by atoms with Crippen LogP contribution in [-0.2, 0) is 3.79 Å². The van der Waals surface area contributed by atoms with E-state index in [2.05, 4.69) is 4.30 Å². The number of nitrogens with zero attached hydrogens (tertiary/aromatic N) is 1. The van der Waals surface area contributed by atoms with E-state index in [1.165, 1.54) is 16.6 Å². The zero-order chi connectivity index (χ0) is 7.56. The van der Waals surface area contributed by atoms with Crippen molar-refractivity contribution in [2.24, 2.45) is 0 Å². The standard InChI is InChI=1S/C4H7N2O2.3Al.5H/c5-4(8)6-1-3(7)2-6;;;;;;;;/h3H,1-2H2,(H2,5,8);;;;;;;;/q-1;;2*+1;;;;;/p-1. The van der Waals surface area contributed by atoms with E-state index in [0.717, 1.165) is 29.6 Å². The number of rotatable bonds is 1. The largest absolute Gasteiger partial charge is 0.505 e. The lowest BCUT2D eigenvalue weighted by Crippen LogP contribution is -2.57. The van der Waals surface area contributed by atoms with Crippen molar-refractivity contribution in [1.29, 1.82) is 0 Å². The first-order valence-corrected chi connectivity index (χ1v) is 4.73. The summed E-state index contributed by atoms with van der Waals surface area (Å²) in [5.41, 5.74) is 0. The molecular formula is C4H11Al3N2O2. The SMILES string of the molecule is O=C([NH][AlH2])N1CC([O][AlH])C1.[AlH2]. The van der Waals surface area contributed by atoms with Crippen LogP contribution in [0.15, 0.2) is 0 Å². The molecule has 2 amide bonds. The second kappa shape index (κ2) is 5.47. The number of nitrogens with one attached hydrogen (secondary N) is 1. The monoisotopic (exact) mass is 200 g/mol. The highest BCUT2D eigenvalue weighted by molar-refractivity contribution is 6.13. The minimum Gasteiger partial charge on any atom is -0.505 e. The Bertz CT molecular complexity index is 139. The Labute approximate surface area is 93.2 Å². The molecule has 0 unspecified atom stereocenters. The summed E-state index contributed by atoms with van der Waals surface area (Å²) in [5.74, 6) is 0. The highest BCUT2D eigenvalue weighted by atomic mass is 27.1. The van der Waals surface area contributed by atoms with Gasteiger partial charge in [0.25, 0.3) is 6.03 Å². The second-order valence-corrected chi connectivity index (χ2v) is 3.08. The third kappa shape index (κ3) is 2.98. The molecule has 1 aliphatic rings. The van der Waals surface area contributed by atoms with Crippen LogP contribution in [0.1, 0.15) is 0 Å². The van der Waals surface area contributed by atoms with Crippen LogP contribution in [0.5, 0.6) is 0 Å². The first-order chi connectivity index (χ1) is 4.77. The van der Waals surface area contributed by atoms with Gasteiger partial charge in [-0.05, 0) is 0 Å². The number of hydrogen-bond donors (Lipinski definition) is 1. The maximum absolute atomic E-state index is 10.9. The van der Waals surface area contributed by atoms with Gasteiger partial charge in [0.2, 0.25) is 0 Å². The minimum absolute atomic E-state index is 0. The fourth-order valence-electron chi connectivity index (χ4n) is 0.867. The van der Waals surface area contributed by atoms with E-state index < -0.39 is 0 Å². The van der Waals surface area contributed by atoms with Crippen LogP contribution in [0.3, 0.4) is 0 Å². The topological polar surface area (TPSA) is 41.6 Å². The van der Waals surface area contributed by atoms with E-state index in [-0.39, 0.29) is 29.5 Å². The molecule has 0 spiro atoms. The van der Waals surface area contributed by atoms with Gasteiger partial charge in [0.15, 0.2) is 0 Å². The third-order valence-corrected chi connectivity index (χ3v) is 2.48. The van der Waals surface area contributed by atoms with Crippen LogP contribution in [0.2, 0.25) is 0 Å². The summed E-state index contributed by atoms with van der Waals surface area (Å²) in [7, 11) is 0. The normalized spacial score (nSPS) is 16.5. The van der Waals surface area contributed by atoms with Crippen molar-refractivity contribution in [3.05, 3.63) is 0 Å². The summed E-state index contributed by atoms with van der Waals surface area (Å²) in [5, 5.41) is 0. The van der Waals surface area contributed by atoms with Crippen molar-refractivity contribution in [2.75, 3.05) is 13.1 Å². The fourth-order valence-corrected chi connectivity index (χ4v) is 1.39. The Morgan fingerprint density at radius 1 is 1.73 bits per heavy atom. The molecule has 1 rings (SSSR count). The molecule has 1 heterocycles. The summed E-state index contributed by atoms with van der Waals surface area (Å²) < 4.78 is 7.71. The number of hydrogen-bond acceptors (Lipinski definition) is 2. The number of urea groups is 1. The van der Waals surface area contributed by atoms with Gasteiger partial charge in [-0.2, -0.15) is 0 Å². The number of carbonyl (C=O) groups is 1. The van der Waals surface area contributed by atoms with Gasteiger partial charge in [0.05, 0.1) is 6.10 Å². The van der Waals surface area contributed by atoms with Gasteiger partial charge in [0, 0.05) is 13.1 Å². The molecule has 58 valence electrons. The Kier molecular flexibility index (Phi) is 5.88. The Hall–Kier alpha value is 0.827. The number of likely N-dealkylation sites (tertiary alicyclic amines) is 1.